The Morgan fingerprint density at radius 1 is 1.00 bits per heavy atom. The number of benzene rings is 3. The van der Waals surface area contributed by atoms with Crippen LogP contribution in [0.25, 0.3) is 11.0 Å². The molecule has 1 atom stereocenters. The maximum Gasteiger partial charge on any atom is 0.263 e. The second-order valence-corrected chi connectivity index (χ2v) is 9.88. The van der Waals surface area contributed by atoms with Crippen LogP contribution in [0.2, 0.25) is 5.02 Å². The van der Waals surface area contributed by atoms with Gasteiger partial charge in [0.25, 0.3) is 10.0 Å². The molecular weight excluding hydrogens is 504 g/mol. The highest BCUT2D eigenvalue weighted by Crippen LogP contribution is 2.33. The SMILES string of the molecule is COc1ccc(Cl)c(Nc2nc3ccccc3nc2NS(=O)(=O)c2cccc(NC(=O)C(C)N)c2)c1. The second-order valence-electron chi connectivity index (χ2n) is 7.79. The number of nitrogens with one attached hydrogen (secondary N) is 3. The van der Waals surface area contributed by atoms with Crippen molar-refractivity contribution in [2.75, 3.05) is 22.5 Å². The summed E-state index contributed by atoms with van der Waals surface area (Å²) < 4.78 is 34.3. The molecule has 0 saturated heterocycles. The monoisotopic (exact) mass is 526 g/mol. The Morgan fingerprint density at radius 2 is 1.69 bits per heavy atom. The van der Waals surface area contributed by atoms with E-state index in [1.165, 1.54) is 32.2 Å². The van der Waals surface area contributed by atoms with Crippen LogP contribution in [0.4, 0.5) is 23.0 Å². The van der Waals surface area contributed by atoms with Gasteiger partial charge < -0.3 is 21.1 Å². The van der Waals surface area contributed by atoms with Crippen molar-refractivity contribution in [1.82, 2.24) is 9.97 Å². The van der Waals surface area contributed by atoms with Crippen LogP contribution in [0.3, 0.4) is 0 Å². The van der Waals surface area contributed by atoms with Crippen LogP contribution in [0.1, 0.15) is 6.92 Å². The van der Waals surface area contributed by atoms with Gasteiger partial charge in [-0.2, -0.15) is 0 Å². The summed E-state index contributed by atoms with van der Waals surface area (Å²) in [7, 11) is -2.61. The fraction of sp³-hybridized carbons (Fsp3) is 0.125. The smallest absolute Gasteiger partial charge is 0.263 e. The summed E-state index contributed by atoms with van der Waals surface area (Å²) >= 11 is 6.34. The van der Waals surface area contributed by atoms with Crippen molar-refractivity contribution in [3.63, 3.8) is 0 Å². The highest BCUT2D eigenvalue weighted by atomic mass is 35.5. The second kappa shape index (κ2) is 10.4. The quantitative estimate of drug-likeness (QED) is 0.268. The van der Waals surface area contributed by atoms with Crippen molar-refractivity contribution in [2.24, 2.45) is 5.73 Å². The molecule has 0 saturated carbocycles. The Hall–Kier alpha value is -3.93. The van der Waals surface area contributed by atoms with Crippen molar-refractivity contribution >= 4 is 61.6 Å². The van der Waals surface area contributed by atoms with E-state index in [4.69, 9.17) is 22.1 Å². The lowest BCUT2D eigenvalue weighted by molar-refractivity contribution is -0.117. The van der Waals surface area contributed by atoms with Gasteiger partial charge in [0.1, 0.15) is 5.75 Å². The number of sulfonamides is 1. The maximum atomic E-state index is 13.3. The molecule has 0 spiro atoms. The van der Waals surface area contributed by atoms with Gasteiger partial charge in [0.2, 0.25) is 5.91 Å². The molecule has 0 radical (unpaired) electrons. The average molecular weight is 527 g/mol. The minimum absolute atomic E-state index is 0.0439. The van der Waals surface area contributed by atoms with Crippen molar-refractivity contribution in [2.45, 2.75) is 17.9 Å². The van der Waals surface area contributed by atoms with Crippen molar-refractivity contribution in [1.29, 1.82) is 0 Å². The first-order valence-corrected chi connectivity index (χ1v) is 12.6. The summed E-state index contributed by atoms with van der Waals surface area (Å²) in [4.78, 5) is 20.9. The van der Waals surface area contributed by atoms with Gasteiger partial charge in [-0.15, -0.1) is 0 Å². The Kier molecular flexibility index (Phi) is 7.25. The van der Waals surface area contributed by atoms with E-state index in [2.05, 4.69) is 25.3 Å². The number of nitrogens with two attached hydrogens (primary N) is 1. The zero-order chi connectivity index (χ0) is 25.9. The van der Waals surface area contributed by atoms with Gasteiger partial charge in [-0.1, -0.05) is 29.8 Å². The first-order valence-electron chi connectivity index (χ1n) is 10.7. The highest BCUT2D eigenvalue weighted by molar-refractivity contribution is 7.92. The molecule has 10 nitrogen and oxygen atoms in total. The number of amides is 1. The molecule has 5 N–H and O–H groups in total. The van der Waals surface area contributed by atoms with Crippen LogP contribution in [0, 0.1) is 0 Å². The van der Waals surface area contributed by atoms with E-state index in [0.29, 0.717) is 27.5 Å². The van der Waals surface area contributed by atoms with Crippen LogP contribution in [0.15, 0.2) is 71.6 Å². The molecule has 12 heteroatoms. The summed E-state index contributed by atoms with van der Waals surface area (Å²) in [6.45, 7) is 1.53. The molecule has 0 aliphatic carbocycles. The number of methoxy groups -OCH3 is 1. The van der Waals surface area contributed by atoms with Crippen LogP contribution >= 0.6 is 11.6 Å². The number of anilines is 4. The highest BCUT2D eigenvalue weighted by Gasteiger charge is 2.20. The number of fused-ring (bicyclic) bond motifs is 1. The largest absolute Gasteiger partial charge is 0.497 e. The molecule has 1 unspecified atom stereocenters. The topological polar surface area (TPSA) is 148 Å². The third-order valence-electron chi connectivity index (χ3n) is 5.05. The summed E-state index contributed by atoms with van der Waals surface area (Å²) in [6, 6.07) is 17.1. The van der Waals surface area contributed by atoms with Gasteiger partial charge >= 0.3 is 0 Å². The predicted octanol–water partition coefficient (Wildman–Crippen LogP) is 4.12. The van der Waals surface area contributed by atoms with Gasteiger partial charge in [-0.25, -0.2) is 18.4 Å². The first-order chi connectivity index (χ1) is 17.2. The van der Waals surface area contributed by atoms with Crippen LogP contribution in [-0.4, -0.2) is 37.4 Å². The fourth-order valence-electron chi connectivity index (χ4n) is 3.20. The molecule has 0 fully saturated rings. The third kappa shape index (κ3) is 5.65. The molecule has 0 bridgehead atoms. The van der Waals surface area contributed by atoms with E-state index < -0.39 is 22.0 Å². The number of ether oxygens (including phenoxy) is 1. The number of carbonyl (C=O) groups is 1. The van der Waals surface area contributed by atoms with E-state index in [-0.39, 0.29) is 22.2 Å². The van der Waals surface area contributed by atoms with Crippen molar-refractivity contribution < 1.29 is 17.9 Å². The Balaban J connectivity index is 1.73. The first kappa shape index (κ1) is 25.2. The average Bonchev–Trinajstić information content (AvgIpc) is 2.85. The van der Waals surface area contributed by atoms with Crippen LogP contribution in [0.5, 0.6) is 5.75 Å². The third-order valence-corrected chi connectivity index (χ3v) is 6.72. The van der Waals surface area contributed by atoms with Gasteiger partial charge in [0.15, 0.2) is 11.6 Å². The van der Waals surface area contributed by atoms with Gasteiger partial charge in [-0.05, 0) is 49.4 Å². The van der Waals surface area contributed by atoms with E-state index in [1.807, 2.05) is 0 Å². The molecule has 1 amide bonds. The van der Waals surface area contributed by atoms with Crippen LogP contribution < -0.4 is 25.8 Å². The summed E-state index contributed by atoms with van der Waals surface area (Å²) in [5.74, 6) is 0.189. The lowest BCUT2D eigenvalue weighted by atomic mass is 10.3. The van der Waals surface area contributed by atoms with E-state index in [0.717, 1.165) is 0 Å². The molecule has 1 heterocycles. The zero-order valence-electron chi connectivity index (χ0n) is 19.3. The van der Waals surface area contributed by atoms with E-state index in [9.17, 15) is 13.2 Å². The number of aromatic nitrogens is 2. The number of hydrogen-bond donors (Lipinski definition) is 4. The molecule has 0 aliphatic rings. The minimum atomic E-state index is -4.13. The Morgan fingerprint density at radius 3 is 2.36 bits per heavy atom. The Bertz CT molecular complexity index is 1550. The molecule has 36 heavy (non-hydrogen) atoms. The van der Waals surface area contributed by atoms with E-state index in [1.54, 1.807) is 48.5 Å². The number of hydrogen-bond acceptors (Lipinski definition) is 8. The number of rotatable bonds is 8. The number of halogens is 1. The fourth-order valence-corrected chi connectivity index (χ4v) is 4.42. The van der Waals surface area contributed by atoms with Crippen molar-refractivity contribution in [3.8, 4) is 5.75 Å². The standard InChI is InChI=1S/C24H23ClN6O4S/c1-14(26)24(32)27-15-6-5-7-17(12-15)36(33,34)31-23-22(28-19-8-3-4-9-20(19)29-23)30-21-13-16(35-2)10-11-18(21)25/h3-14H,26H2,1-2H3,(H,27,32)(H,28,30)(H,29,31). The minimum Gasteiger partial charge on any atom is -0.497 e. The number of para-hydroxylation sites is 2. The Labute approximate surface area is 212 Å². The molecule has 186 valence electrons. The normalized spacial score (nSPS) is 12.1. The lowest BCUT2D eigenvalue weighted by Crippen LogP contribution is -2.32. The van der Waals surface area contributed by atoms with Gasteiger partial charge in [-0.3, -0.25) is 9.52 Å². The molecular formula is C24H23ClN6O4S. The zero-order valence-corrected chi connectivity index (χ0v) is 20.9. The number of nitrogens with zero attached hydrogens (tertiary/aromatic N) is 2. The van der Waals surface area contributed by atoms with Crippen molar-refractivity contribution in [3.05, 3.63) is 71.8 Å². The molecule has 3 aromatic carbocycles. The maximum absolute atomic E-state index is 13.3. The van der Waals surface area contributed by atoms with Gasteiger partial charge in [0, 0.05) is 11.8 Å². The summed E-state index contributed by atoms with van der Waals surface area (Å²) in [5.41, 5.74) is 7.34. The summed E-state index contributed by atoms with van der Waals surface area (Å²) in [5, 5.41) is 6.00. The molecule has 4 aromatic rings. The van der Waals surface area contributed by atoms with E-state index >= 15 is 0 Å². The van der Waals surface area contributed by atoms with Gasteiger partial charge in [0.05, 0.1) is 39.8 Å². The molecule has 0 aliphatic heterocycles. The molecule has 4 rings (SSSR count). The molecule has 1 aromatic heterocycles. The summed E-state index contributed by atoms with van der Waals surface area (Å²) in [6.07, 6.45) is 0. The lowest BCUT2D eigenvalue weighted by Gasteiger charge is -2.15. The number of carbonyl (C=O) groups excluding carboxylic acids is 1. The predicted molar refractivity (Wildman–Crippen MR) is 140 cm³/mol. The van der Waals surface area contributed by atoms with Crippen LogP contribution in [-0.2, 0) is 14.8 Å².